The van der Waals surface area contributed by atoms with Crippen molar-refractivity contribution in [3.05, 3.63) is 60.1 Å². The summed E-state index contributed by atoms with van der Waals surface area (Å²) in [5.41, 5.74) is 1.11. The minimum Gasteiger partial charge on any atom is -0.468 e. The van der Waals surface area contributed by atoms with E-state index in [0.717, 1.165) is 43.4 Å². The molecule has 1 aromatic carbocycles. The average molecular weight is 501 g/mol. The lowest BCUT2D eigenvalue weighted by Crippen LogP contribution is -2.49. The predicted octanol–water partition coefficient (Wildman–Crippen LogP) is 5.76. The van der Waals surface area contributed by atoms with Gasteiger partial charge in [-0.1, -0.05) is 50.6 Å². The third kappa shape index (κ3) is 10.5. The third-order valence-corrected chi connectivity index (χ3v) is 7.23. The number of hydrogen-bond acceptors (Lipinski definition) is 6. The molecule has 1 aromatic heterocycles. The number of furan rings is 1. The number of amides is 1. The highest BCUT2D eigenvalue weighted by atomic mass is 32.2. The number of ether oxygens (including phenoxy) is 1. The van der Waals surface area contributed by atoms with Gasteiger partial charge >= 0.3 is 6.09 Å². The highest BCUT2D eigenvalue weighted by molar-refractivity contribution is 7.99. The summed E-state index contributed by atoms with van der Waals surface area (Å²) in [5.74, 6) is 2.49. The second-order valence-corrected chi connectivity index (χ2v) is 10.8. The summed E-state index contributed by atoms with van der Waals surface area (Å²) in [4.78, 5) is 25.8. The maximum absolute atomic E-state index is 13.2. The van der Waals surface area contributed by atoms with E-state index in [1.54, 1.807) is 18.0 Å². The van der Waals surface area contributed by atoms with Crippen molar-refractivity contribution in [2.24, 2.45) is 5.92 Å². The number of hydrogen-bond donors (Lipinski definition) is 2. The van der Waals surface area contributed by atoms with Gasteiger partial charge in [0.25, 0.3) is 0 Å². The maximum atomic E-state index is 13.2. The van der Waals surface area contributed by atoms with Gasteiger partial charge in [-0.25, -0.2) is 4.79 Å². The number of thioether (sulfide) groups is 1. The number of rotatable bonds is 14. The quantitative estimate of drug-likeness (QED) is 0.343. The fourth-order valence-electron chi connectivity index (χ4n) is 4.48. The van der Waals surface area contributed by atoms with Crippen LogP contribution in [0.1, 0.15) is 63.7 Å². The molecular weight excluding hydrogens is 460 g/mol. The predicted molar refractivity (Wildman–Crippen MR) is 142 cm³/mol. The van der Waals surface area contributed by atoms with Crippen LogP contribution in [0.3, 0.4) is 0 Å². The Morgan fingerprint density at radius 3 is 2.54 bits per heavy atom. The SMILES string of the molecule is CC(C)CC(CNC(Cc1ccccc1)C(=O)CSCc1ccco1)NC(=O)OC1CCCCC1. The van der Waals surface area contributed by atoms with Crippen LogP contribution in [0.2, 0.25) is 0 Å². The molecule has 0 aliphatic heterocycles. The van der Waals surface area contributed by atoms with Crippen LogP contribution in [0.5, 0.6) is 0 Å². The Kier molecular flexibility index (Phi) is 11.7. The fourth-order valence-corrected chi connectivity index (χ4v) is 5.35. The summed E-state index contributed by atoms with van der Waals surface area (Å²) >= 11 is 1.56. The van der Waals surface area contributed by atoms with E-state index < -0.39 is 0 Å². The minimum absolute atomic E-state index is 0.0232. The Balaban J connectivity index is 1.56. The lowest BCUT2D eigenvalue weighted by Gasteiger charge is -2.27. The smallest absolute Gasteiger partial charge is 0.407 e. The Bertz CT molecular complexity index is 866. The largest absolute Gasteiger partial charge is 0.468 e. The van der Waals surface area contributed by atoms with Gasteiger partial charge in [0.05, 0.1) is 23.8 Å². The lowest BCUT2D eigenvalue weighted by molar-refractivity contribution is -0.118. The Morgan fingerprint density at radius 2 is 1.86 bits per heavy atom. The Hall–Kier alpha value is -2.25. The molecule has 0 bridgehead atoms. The van der Waals surface area contributed by atoms with Crippen LogP contribution in [0.15, 0.2) is 53.1 Å². The lowest BCUT2D eigenvalue weighted by atomic mass is 9.98. The summed E-state index contributed by atoms with van der Waals surface area (Å²) in [7, 11) is 0. The van der Waals surface area contributed by atoms with E-state index in [-0.39, 0.29) is 30.1 Å². The van der Waals surface area contributed by atoms with Gasteiger partial charge in [0.1, 0.15) is 11.9 Å². The first-order valence-electron chi connectivity index (χ1n) is 12.9. The van der Waals surface area contributed by atoms with Gasteiger partial charge in [-0.3, -0.25) is 4.79 Å². The zero-order valence-electron chi connectivity index (χ0n) is 21.0. The molecule has 3 rings (SSSR count). The standard InChI is InChI=1S/C28H40N2O4S/c1-21(2)16-23(30-28(32)34-24-12-7-4-8-13-24)18-29-26(17-22-10-5-3-6-11-22)27(31)20-35-19-25-14-9-15-33-25/h3,5-6,9-11,14-15,21,23-24,26,29H,4,7-8,12-13,16-20H2,1-2H3,(H,30,32). The van der Waals surface area contributed by atoms with Crippen molar-refractivity contribution in [1.82, 2.24) is 10.6 Å². The Morgan fingerprint density at radius 1 is 1.09 bits per heavy atom. The summed E-state index contributed by atoms with van der Waals surface area (Å²) < 4.78 is 11.1. The zero-order valence-corrected chi connectivity index (χ0v) is 21.9. The molecule has 1 heterocycles. The van der Waals surface area contributed by atoms with Crippen LogP contribution in [0.25, 0.3) is 0 Å². The molecule has 1 aliphatic carbocycles. The fraction of sp³-hybridized carbons (Fsp3) is 0.571. The number of alkyl carbamates (subject to hydrolysis) is 1. The number of carbonyl (C=O) groups excluding carboxylic acids is 2. The van der Waals surface area contributed by atoms with Gasteiger partial charge < -0.3 is 19.8 Å². The second kappa shape index (κ2) is 15.0. The molecule has 1 saturated carbocycles. The molecule has 7 heteroatoms. The molecule has 192 valence electrons. The van der Waals surface area contributed by atoms with Crippen molar-refractivity contribution in [3.63, 3.8) is 0 Å². The van der Waals surface area contributed by atoms with E-state index in [4.69, 9.17) is 9.15 Å². The van der Waals surface area contributed by atoms with Crippen LogP contribution >= 0.6 is 11.8 Å². The van der Waals surface area contributed by atoms with Crippen molar-refractivity contribution in [2.75, 3.05) is 12.3 Å². The molecule has 2 unspecified atom stereocenters. The van der Waals surface area contributed by atoms with E-state index in [1.807, 2.05) is 42.5 Å². The van der Waals surface area contributed by atoms with Crippen molar-refractivity contribution < 1.29 is 18.7 Å². The van der Waals surface area contributed by atoms with Gasteiger partial charge in [-0.15, -0.1) is 11.8 Å². The van der Waals surface area contributed by atoms with Crippen molar-refractivity contribution in [1.29, 1.82) is 0 Å². The molecule has 35 heavy (non-hydrogen) atoms. The summed E-state index contributed by atoms with van der Waals surface area (Å²) in [6.07, 6.45) is 8.12. The van der Waals surface area contributed by atoms with Crippen LogP contribution < -0.4 is 10.6 Å². The number of carbonyl (C=O) groups is 2. The average Bonchev–Trinajstić information content (AvgIpc) is 3.36. The number of nitrogens with one attached hydrogen (secondary N) is 2. The van der Waals surface area contributed by atoms with Crippen molar-refractivity contribution >= 4 is 23.6 Å². The van der Waals surface area contributed by atoms with Gasteiger partial charge in [0, 0.05) is 12.6 Å². The van der Waals surface area contributed by atoms with Crippen LogP contribution in [-0.2, 0) is 21.7 Å². The molecule has 1 amide bonds. The topological polar surface area (TPSA) is 80.6 Å². The zero-order chi connectivity index (χ0) is 24.9. The highest BCUT2D eigenvalue weighted by Gasteiger charge is 2.24. The van der Waals surface area contributed by atoms with E-state index in [9.17, 15) is 9.59 Å². The maximum Gasteiger partial charge on any atom is 0.407 e. The molecule has 0 spiro atoms. The number of Topliss-reactive ketones (excluding diaryl/α,β-unsaturated/α-hetero) is 1. The number of ketones is 1. The van der Waals surface area contributed by atoms with Crippen molar-refractivity contribution in [2.45, 2.75) is 82.7 Å². The van der Waals surface area contributed by atoms with Gasteiger partial charge in [-0.05, 0) is 62.1 Å². The van der Waals surface area contributed by atoms with Gasteiger partial charge in [0.15, 0.2) is 5.78 Å². The van der Waals surface area contributed by atoms with E-state index in [1.165, 1.54) is 6.42 Å². The third-order valence-electron chi connectivity index (χ3n) is 6.25. The Labute approximate surface area is 214 Å². The first kappa shape index (κ1) is 27.3. The van der Waals surface area contributed by atoms with Crippen LogP contribution in [0.4, 0.5) is 4.79 Å². The summed E-state index contributed by atoms with van der Waals surface area (Å²) in [5, 5.41) is 6.53. The van der Waals surface area contributed by atoms with Crippen molar-refractivity contribution in [3.8, 4) is 0 Å². The molecule has 2 N–H and O–H groups in total. The van der Waals surface area contributed by atoms with Crippen LogP contribution in [0, 0.1) is 5.92 Å². The molecule has 6 nitrogen and oxygen atoms in total. The summed E-state index contributed by atoms with van der Waals surface area (Å²) in [6.45, 7) is 4.79. The molecule has 1 aliphatic rings. The molecule has 2 atom stereocenters. The minimum atomic E-state index is -0.343. The van der Waals surface area contributed by atoms with E-state index >= 15 is 0 Å². The molecule has 1 fully saturated rings. The first-order valence-corrected chi connectivity index (χ1v) is 14.0. The number of benzene rings is 1. The monoisotopic (exact) mass is 500 g/mol. The van der Waals surface area contributed by atoms with E-state index in [0.29, 0.717) is 30.4 Å². The molecule has 0 saturated heterocycles. The molecular formula is C28H40N2O4S. The molecule has 2 aromatic rings. The molecule has 0 radical (unpaired) electrons. The summed E-state index contributed by atoms with van der Waals surface area (Å²) in [6, 6.07) is 13.4. The van der Waals surface area contributed by atoms with Gasteiger partial charge in [0.2, 0.25) is 0 Å². The van der Waals surface area contributed by atoms with Crippen LogP contribution in [-0.4, -0.2) is 42.4 Å². The first-order chi connectivity index (χ1) is 17.0. The second-order valence-electron chi connectivity index (χ2n) is 9.83. The van der Waals surface area contributed by atoms with E-state index in [2.05, 4.69) is 24.5 Å². The highest BCUT2D eigenvalue weighted by Crippen LogP contribution is 2.20. The normalized spacial score (nSPS) is 16.1. The van der Waals surface area contributed by atoms with Gasteiger partial charge in [-0.2, -0.15) is 0 Å².